The molecule has 0 saturated heterocycles. The second-order valence-electron chi connectivity index (χ2n) is 4.27. The van der Waals surface area contributed by atoms with Crippen LogP contribution < -0.4 is 4.74 Å². The highest BCUT2D eigenvalue weighted by atomic mass is 16.5. The lowest BCUT2D eigenvalue weighted by atomic mass is 10.0. The molecule has 0 aliphatic carbocycles. The summed E-state index contributed by atoms with van der Waals surface area (Å²) >= 11 is 0. The normalized spacial score (nSPS) is 12.3. The van der Waals surface area contributed by atoms with Gasteiger partial charge in [0.25, 0.3) is 0 Å². The molecule has 1 aromatic carbocycles. The number of nitrogens with zero attached hydrogens (tertiary/aromatic N) is 1. The summed E-state index contributed by atoms with van der Waals surface area (Å²) in [6.45, 7) is 2.12. The fraction of sp³-hybridized carbons (Fsp3) is 0.125. The van der Waals surface area contributed by atoms with Crippen molar-refractivity contribution < 1.29 is 14.3 Å². The first-order valence-electron chi connectivity index (χ1n) is 6.40. The van der Waals surface area contributed by atoms with Gasteiger partial charge < -0.3 is 9.47 Å². The molecule has 3 rings (SSSR count). The van der Waals surface area contributed by atoms with Gasteiger partial charge in [-0.3, -0.25) is 0 Å². The van der Waals surface area contributed by atoms with Crippen molar-refractivity contribution in [2.75, 3.05) is 6.61 Å². The van der Waals surface area contributed by atoms with Gasteiger partial charge in [-0.25, -0.2) is 9.78 Å². The summed E-state index contributed by atoms with van der Waals surface area (Å²) in [5.41, 5.74) is 1.95. The number of para-hydroxylation sites is 1. The van der Waals surface area contributed by atoms with E-state index in [1.165, 1.54) is 0 Å². The van der Waals surface area contributed by atoms with E-state index in [4.69, 9.17) is 9.47 Å². The van der Waals surface area contributed by atoms with Crippen molar-refractivity contribution in [1.82, 2.24) is 4.98 Å². The molecule has 2 heterocycles. The van der Waals surface area contributed by atoms with Crippen LogP contribution >= 0.6 is 0 Å². The maximum Gasteiger partial charge on any atom is 0.338 e. The molecule has 4 heteroatoms. The quantitative estimate of drug-likeness (QED) is 0.783. The number of fused-ring (bicyclic) bond motifs is 2. The van der Waals surface area contributed by atoms with Crippen molar-refractivity contribution in [1.29, 1.82) is 0 Å². The molecule has 0 unspecified atom stereocenters. The fourth-order valence-electron chi connectivity index (χ4n) is 2.09. The zero-order valence-electron chi connectivity index (χ0n) is 11.0. The Morgan fingerprint density at radius 1 is 1.25 bits per heavy atom. The van der Waals surface area contributed by atoms with Gasteiger partial charge in [0.05, 0.1) is 12.2 Å². The number of carbonyl (C=O) groups excluding carboxylic acids is 1. The van der Waals surface area contributed by atoms with Gasteiger partial charge in [-0.2, -0.15) is 0 Å². The summed E-state index contributed by atoms with van der Waals surface area (Å²) in [6, 6.07) is 11.0. The molecular weight excluding hydrogens is 254 g/mol. The largest absolute Gasteiger partial charge is 0.462 e. The van der Waals surface area contributed by atoms with Crippen LogP contribution in [0.25, 0.3) is 11.6 Å². The van der Waals surface area contributed by atoms with Crippen LogP contribution in [-0.4, -0.2) is 17.6 Å². The number of rotatable bonds is 2. The summed E-state index contributed by atoms with van der Waals surface area (Å²) in [7, 11) is 0. The van der Waals surface area contributed by atoms with Crippen LogP contribution in [0, 0.1) is 0 Å². The highest BCUT2D eigenvalue weighted by molar-refractivity contribution is 6.22. The van der Waals surface area contributed by atoms with E-state index in [-0.39, 0.29) is 5.97 Å². The van der Waals surface area contributed by atoms with Gasteiger partial charge in [-0.15, -0.1) is 0 Å². The van der Waals surface area contributed by atoms with Crippen molar-refractivity contribution in [3.05, 3.63) is 53.7 Å². The summed E-state index contributed by atoms with van der Waals surface area (Å²) in [4.78, 5) is 16.4. The number of carbonyl (C=O) groups is 1. The number of hydrogen-bond acceptors (Lipinski definition) is 4. The van der Waals surface area contributed by atoms with Gasteiger partial charge in [-0.1, -0.05) is 18.2 Å². The second-order valence-corrected chi connectivity index (χ2v) is 4.27. The first-order chi connectivity index (χ1) is 9.79. The minimum absolute atomic E-state index is 0.332. The van der Waals surface area contributed by atoms with Crippen LogP contribution in [0.15, 0.2) is 42.6 Å². The van der Waals surface area contributed by atoms with Gasteiger partial charge in [0.15, 0.2) is 0 Å². The van der Waals surface area contributed by atoms with Crippen molar-refractivity contribution in [2.45, 2.75) is 6.92 Å². The SMILES string of the molecule is CCOC(=O)C1=Cc2cccnc2Oc2ccccc21. The van der Waals surface area contributed by atoms with E-state index < -0.39 is 0 Å². The monoisotopic (exact) mass is 267 g/mol. The third kappa shape index (κ3) is 2.16. The first-order valence-corrected chi connectivity index (χ1v) is 6.40. The Bertz CT molecular complexity index is 692. The smallest absolute Gasteiger partial charge is 0.338 e. The lowest BCUT2D eigenvalue weighted by Crippen LogP contribution is -2.06. The Kier molecular flexibility index (Phi) is 3.21. The molecule has 0 spiro atoms. The number of esters is 1. The van der Waals surface area contributed by atoms with Crippen molar-refractivity contribution >= 4 is 17.6 Å². The molecule has 0 fully saturated rings. The van der Waals surface area contributed by atoms with Crippen LogP contribution in [0.4, 0.5) is 0 Å². The number of ether oxygens (including phenoxy) is 2. The molecule has 0 N–H and O–H groups in total. The van der Waals surface area contributed by atoms with E-state index in [1.807, 2.05) is 30.3 Å². The predicted octanol–water partition coefficient (Wildman–Crippen LogP) is 3.29. The van der Waals surface area contributed by atoms with E-state index in [1.54, 1.807) is 25.3 Å². The molecule has 0 saturated carbocycles. The van der Waals surface area contributed by atoms with Gasteiger partial charge >= 0.3 is 5.97 Å². The van der Waals surface area contributed by atoms with E-state index in [0.29, 0.717) is 29.4 Å². The summed E-state index contributed by atoms with van der Waals surface area (Å²) in [6.07, 6.45) is 3.41. The second kappa shape index (κ2) is 5.17. The van der Waals surface area contributed by atoms with E-state index in [2.05, 4.69) is 4.98 Å². The Hall–Kier alpha value is -2.62. The van der Waals surface area contributed by atoms with Crippen molar-refractivity contribution in [2.24, 2.45) is 0 Å². The molecular formula is C16H13NO3. The highest BCUT2D eigenvalue weighted by Gasteiger charge is 2.22. The number of pyridine rings is 1. The van der Waals surface area contributed by atoms with E-state index in [9.17, 15) is 4.79 Å². The molecule has 0 atom stereocenters. The minimum atomic E-state index is -0.361. The van der Waals surface area contributed by atoms with Crippen LogP contribution in [0.5, 0.6) is 11.6 Å². The molecule has 0 radical (unpaired) electrons. The van der Waals surface area contributed by atoms with Gasteiger partial charge in [0, 0.05) is 17.3 Å². The van der Waals surface area contributed by atoms with Gasteiger partial charge in [0.1, 0.15) is 5.75 Å². The topological polar surface area (TPSA) is 48.4 Å². The molecule has 1 aliphatic rings. The molecule has 1 aliphatic heterocycles. The Morgan fingerprint density at radius 3 is 2.95 bits per heavy atom. The average molecular weight is 267 g/mol. The first kappa shape index (κ1) is 12.4. The van der Waals surface area contributed by atoms with E-state index >= 15 is 0 Å². The zero-order valence-corrected chi connectivity index (χ0v) is 11.0. The van der Waals surface area contributed by atoms with Crippen LogP contribution in [0.3, 0.4) is 0 Å². The van der Waals surface area contributed by atoms with Gasteiger partial charge in [-0.05, 0) is 31.2 Å². The average Bonchev–Trinajstić information content (AvgIpc) is 2.64. The Labute approximate surface area is 116 Å². The predicted molar refractivity (Wildman–Crippen MR) is 75.3 cm³/mol. The summed E-state index contributed by atoms with van der Waals surface area (Å²) in [5, 5.41) is 0. The summed E-state index contributed by atoms with van der Waals surface area (Å²) < 4.78 is 10.9. The van der Waals surface area contributed by atoms with Crippen molar-refractivity contribution in [3.63, 3.8) is 0 Å². The zero-order chi connectivity index (χ0) is 13.9. The molecule has 0 bridgehead atoms. The van der Waals surface area contributed by atoms with E-state index in [0.717, 1.165) is 5.56 Å². The highest BCUT2D eigenvalue weighted by Crippen LogP contribution is 2.36. The Morgan fingerprint density at radius 2 is 2.10 bits per heavy atom. The standard InChI is InChI=1S/C16H13NO3/c1-2-19-16(18)13-10-11-6-5-9-17-15(11)20-14-8-4-3-7-12(13)14/h3-10H,2H2,1H3. The lowest BCUT2D eigenvalue weighted by Gasteiger charge is -2.09. The minimum Gasteiger partial charge on any atom is -0.462 e. The molecule has 100 valence electrons. The lowest BCUT2D eigenvalue weighted by molar-refractivity contribution is -0.136. The maximum atomic E-state index is 12.2. The Balaban J connectivity index is 2.19. The van der Waals surface area contributed by atoms with Crippen molar-refractivity contribution in [3.8, 4) is 11.6 Å². The number of benzene rings is 1. The maximum absolute atomic E-state index is 12.2. The third-order valence-electron chi connectivity index (χ3n) is 2.98. The van der Waals surface area contributed by atoms with Crippen LogP contribution in [0.1, 0.15) is 18.1 Å². The van der Waals surface area contributed by atoms with Crippen LogP contribution in [0.2, 0.25) is 0 Å². The number of hydrogen-bond donors (Lipinski definition) is 0. The van der Waals surface area contributed by atoms with Gasteiger partial charge in [0.2, 0.25) is 5.88 Å². The number of aromatic nitrogens is 1. The third-order valence-corrected chi connectivity index (χ3v) is 2.98. The molecule has 0 amide bonds. The molecule has 1 aromatic heterocycles. The van der Waals surface area contributed by atoms with Crippen LogP contribution in [-0.2, 0) is 9.53 Å². The molecule has 20 heavy (non-hydrogen) atoms. The molecule has 2 aromatic rings. The fourth-order valence-corrected chi connectivity index (χ4v) is 2.09. The molecule has 4 nitrogen and oxygen atoms in total. The summed E-state index contributed by atoms with van der Waals surface area (Å²) in [5.74, 6) is 0.726.